The molecule has 2 atom stereocenters. The van der Waals surface area contributed by atoms with Crippen LogP contribution in [0.25, 0.3) is 10.9 Å². The van der Waals surface area contributed by atoms with Crippen molar-refractivity contribution in [2.45, 2.75) is 18.5 Å². The Hall–Kier alpha value is -4.52. The lowest BCUT2D eigenvalue weighted by molar-refractivity contribution is 0.280. The number of H-pyrrole nitrogens is 1. The molecule has 5 aromatic rings. The molecular formula is C27H23ClN8O. The first-order chi connectivity index (χ1) is 18.2. The fraction of sp³-hybridized carbons (Fsp3) is 0.148. The summed E-state index contributed by atoms with van der Waals surface area (Å²) in [6.45, 7) is -0.0183. The van der Waals surface area contributed by atoms with Crippen LogP contribution >= 0.6 is 11.6 Å². The molecule has 0 aliphatic carbocycles. The number of nitrogens with one attached hydrogen (secondary N) is 3. The number of halogens is 1. The molecule has 184 valence electrons. The molecule has 0 aliphatic rings. The van der Waals surface area contributed by atoms with Crippen molar-refractivity contribution < 1.29 is 5.11 Å². The van der Waals surface area contributed by atoms with E-state index in [9.17, 15) is 10.4 Å². The van der Waals surface area contributed by atoms with Gasteiger partial charge in [-0.05, 0) is 35.7 Å². The van der Waals surface area contributed by atoms with Gasteiger partial charge in [-0.2, -0.15) is 5.26 Å². The first kappa shape index (κ1) is 24.2. The Morgan fingerprint density at radius 2 is 1.89 bits per heavy atom. The van der Waals surface area contributed by atoms with Gasteiger partial charge in [0.2, 0.25) is 0 Å². The Morgan fingerprint density at radius 3 is 2.59 bits per heavy atom. The molecule has 37 heavy (non-hydrogen) atoms. The molecule has 0 saturated carbocycles. The lowest BCUT2D eigenvalue weighted by Crippen LogP contribution is -2.15. The highest BCUT2D eigenvalue weighted by Gasteiger charge is 2.21. The fourth-order valence-corrected chi connectivity index (χ4v) is 4.56. The van der Waals surface area contributed by atoms with Crippen LogP contribution in [-0.2, 0) is 0 Å². The number of aromatic nitrogens is 5. The average Bonchev–Trinajstić information content (AvgIpc) is 3.47. The molecule has 0 radical (unpaired) electrons. The quantitative estimate of drug-likeness (QED) is 0.217. The number of hydrogen-bond donors (Lipinski definition) is 4. The molecule has 5 rings (SSSR count). The number of aliphatic hydroxyl groups is 1. The molecule has 3 aromatic heterocycles. The number of nitrogens with zero attached hydrogens (tertiary/aromatic N) is 5. The smallest absolute Gasteiger partial charge is 0.109 e. The highest BCUT2D eigenvalue weighted by molar-refractivity contribution is 6.35. The maximum Gasteiger partial charge on any atom is 0.109 e. The molecule has 4 N–H and O–H groups in total. The molecule has 0 fully saturated rings. The van der Waals surface area contributed by atoms with E-state index in [2.05, 4.69) is 42.1 Å². The van der Waals surface area contributed by atoms with Gasteiger partial charge in [0.25, 0.3) is 0 Å². The van der Waals surface area contributed by atoms with Crippen molar-refractivity contribution in [3.63, 3.8) is 0 Å². The number of aromatic amines is 1. The molecule has 0 spiro atoms. The summed E-state index contributed by atoms with van der Waals surface area (Å²) < 4.78 is 0. The molecule has 3 heterocycles. The van der Waals surface area contributed by atoms with Crippen LogP contribution in [0, 0.1) is 11.3 Å². The predicted molar refractivity (Wildman–Crippen MR) is 142 cm³/mol. The van der Waals surface area contributed by atoms with Crippen molar-refractivity contribution in [3.05, 3.63) is 107 Å². The fourth-order valence-electron chi connectivity index (χ4n) is 4.29. The van der Waals surface area contributed by atoms with E-state index in [-0.39, 0.29) is 18.7 Å². The van der Waals surface area contributed by atoms with Crippen LogP contribution in [-0.4, -0.2) is 37.1 Å². The summed E-state index contributed by atoms with van der Waals surface area (Å²) in [7, 11) is 0. The molecule has 0 amide bonds. The number of nitriles is 1. The number of hydrogen-bond acceptors (Lipinski definition) is 8. The molecule has 0 bridgehead atoms. The predicted octanol–water partition coefficient (Wildman–Crippen LogP) is 5.01. The number of benzene rings is 2. The maximum absolute atomic E-state index is 9.90. The molecule has 2 unspecified atom stereocenters. The number of fused-ring (bicyclic) bond motifs is 1. The Kier molecular flexibility index (Phi) is 7.21. The minimum absolute atomic E-state index is 0.0183. The van der Waals surface area contributed by atoms with Crippen molar-refractivity contribution in [1.82, 2.24) is 25.4 Å². The van der Waals surface area contributed by atoms with Crippen molar-refractivity contribution in [3.8, 4) is 6.07 Å². The number of pyridine rings is 2. The zero-order valence-electron chi connectivity index (χ0n) is 19.6. The first-order valence-electron chi connectivity index (χ1n) is 11.7. The molecule has 2 aromatic carbocycles. The van der Waals surface area contributed by atoms with E-state index >= 15 is 0 Å². The zero-order valence-corrected chi connectivity index (χ0v) is 20.4. The van der Waals surface area contributed by atoms with Gasteiger partial charge in [0.1, 0.15) is 11.8 Å². The third kappa shape index (κ3) is 5.21. The molecule has 0 saturated heterocycles. The summed E-state index contributed by atoms with van der Waals surface area (Å²) in [5, 5.41) is 38.5. The van der Waals surface area contributed by atoms with Gasteiger partial charge in [-0.1, -0.05) is 53.2 Å². The van der Waals surface area contributed by atoms with Crippen LogP contribution < -0.4 is 10.6 Å². The van der Waals surface area contributed by atoms with E-state index in [1.54, 1.807) is 24.7 Å². The molecule has 9 nitrogen and oxygen atoms in total. The summed E-state index contributed by atoms with van der Waals surface area (Å²) in [4.78, 5) is 8.70. The molecular weight excluding hydrogens is 488 g/mol. The SMILES string of the molecule is N#Cc1cnc2c(Cl)cc(NC(c3cccnc3)c3c[nH]nn3)cc2c1NC(CCO)c1ccccc1. The second kappa shape index (κ2) is 11.0. The first-order valence-corrected chi connectivity index (χ1v) is 12.0. The monoisotopic (exact) mass is 510 g/mol. The Balaban J connectivity index is 1.60. The third-order valence-corrected chi connectivity index (χ3v) is 6.33. The van der Waals surface area contributed by atoms with E-state index in [1.807, 2.05) is 48.5 Å². The topological polar surface area (TPSA) is 135 Å². The Labute approximate surface area is 218 Å². The largest absolute Gasteiger partial charge is 0.396 e. The van der Waals surface area contributed by atoms with Crippen LogP contribution in [0.1, 0.15) is 40.9 Å². The van der Waals surface area contributed by atoms with E-state index in [0.29, 0.717) is 45.0 Å². The second-order valence-electron chi connectivity index (χ2n) is 8.39. The number of anilines is 2. The van der Waals surface area contributed by atoms with Gasteiger partial charge in [-0.15, -0.1) is 5.10 Å². The van der Waals surface area contributed by atoms with Gasteiger partial charge >= 0.3 is 0 Å². The van der Waals surface area contributed by atoms with Crippen molar-refractivity contribution in [2.75, 3.05) is 17.2 Å². The van der Waals surface area contributed by atoms with Crippen LogP contribution in [0.5, 0.6) is 0 Å². The van der Waals surface area contributed by atoms with Gasteiger partial charge < -0.3 is 15.7 Å². The minimum atomic E-state index is -0.351. The zero-order chi connectivity index (χ0) is 25.6. The minimum Gasteiger partial charge on any atom is -0.396 e. The van der Waals surface area contributed by atoms with Gasteiger partial charge in [0.15, 0.2) is 0 Å². The second-order valence-corrected chi connectivity index (χ2v) is 8.80. The van der Waals surface area contributed by atoms with Crippen LogP contribution in [0.15, 0.2) is 79.4 Å². The summed E-state index contributed by atoms with van der Waals surface area (Å²) >= 11 is 6.70. The van der Waals surface area contributed by atoms with Gasteiger partial charge in [0, 0.05) is 42.5 Å². The van der Waals surface area contributed by atoms with Crippen molar-refractivity contribution in [1.29, 1.82) is 5.26 Å². The van der Waals surface area contributed by atoms with E-state index in [1.165, 1.54) is 6.20 Å². The Bertz CT molecular complexity index is 1520. The van der Waals surface area contributed by atoms with Crippen molar-refractivity contribution >= 4 is 33.9 Å². The third-order valence-electron chi connectivity index (χ3n) is 6.04. The number of rotatable bonds is 9. The number of aliphatic hydroxyl groups excluding tert-OH is 1. The van der Waals surface area contributed by atoms with E-state index in [4.69, 9.17) is 11.6 Å². The highest BCUT2D eigenvalue weighted by Crippen LogP contribution is 2.37. The normalized spacial score (nSPS) is 12.6. The van der Waals surface area contributed by atoms with Gasteiger partial charge in [0.05, 0.1) is 33.9 Å². The average molecular weight is 511 g/mol. The summed E-state index contributed by atoms with van der Waals surface area (Å²) in [6, 6.07) is 18.9. The standard InChI is InChI=1S/C27H23ClN8O/c28-22-12-20(33-26(24-16-32-36-35-24)18-7-4-9-30-14-18)11-21-25(19(13-29)15-31-27(21)22)34-23(8-10-37)17-5-2-1-3-6-17/h1-7,9,11-12,14-16,23,26,33,37H,8,10H2,(H,31,34)(H,32,35,36). The van der Waals surface area contributed by atoms with E-state index in [0.717, 1.165) is 11.1 Å². The lowest BCUT2D eigenvalue weighted by Gasteiger charge is -2.23. The van der Waals surface area contributed by atoms with Crippen LogP contribution in [0.3, 0.4) is 0 Å². The van der Waals surface area contributed by atoms with Gasteiger partial charge in [-0.3, -0.25) is 15.1 Å². The maximum atomic E-state index is 9.90. The van der Waals surface area contributed by atoms with E-state index < -0.39 is 0 Å². The highest BCUT2D eigenvalue weighted by atomic mass is 35.5. The summed E-state index contributed by atoms with van der Waals surface area (Å²) in [5.41, 5.74) is 4.80. The van der Waals surface area contributed by atoms with Crippen molar-refractivity contribution in [2.24, 2.45) is 0 Å². The van der Waals surface area contributed by atoms with Gasteiger partial charge in [-0.25, -0.2) is 0 Å². The lowest BCUT2D eigenvalue weighted by atomic mass is 10.0. The van der Waals surface area contributed by atoms with Crippen LogP contribution in [0.2, 0.25) is 5.02 Å². The summed E-state index contributed by atoms with van der Waals surface area (Å²) in [6.07, 6.45) is 7.16. The molecule has 0 aliphatic heterocycles. The molecule has 10 heteroatoms. The summed E-state index contributed by atoms with van der Waals surface area (Å²) in [5.74, 6) is 0. The van der Waals surface area contributed by atoms with Crippen LogP contribution in [0.4, 0.5) is 11.4 Å². The Morgan fingerprint density at radius 1 is 1.05 bits per heavy atom.